The average Bonchev–Trinajstić information content (AvgIpc) is 2.75. The molecule has 1 aromatic heterocycles. The van der Waals surface area contributed by atoms with Crippen LogP contribution >= 0.6 is 0 Å². The average molecular weight is 402 g/mol. The van der Waals surface area contributed by atoms with Gasteiger partial charge in [-0.15, -0.1) is 0 Å². The lowest BCUT2D eigenvalue weighted by Gasteiger charge is -2.20. The first-order valence-corrected chi connectivity index (χ1v) is 10.6. The quantitative estimate of drug-likeness (QED) is 0.540. The van der Waals surface area contributed by atoms with Crippen molar-refractivity contribution in [2.24, 2.45) is 5.92 Å². The monoisotopic (exact) mass is 401 g/mol. The van der Waals surface area contributed by atoms with Crippen molar-refractivity contribution in [2.45, 2.75) is 39.3 Å². The lowest BCUT2D eigenvalue weighted by molar-refractivity contribution is -0.121. The van der Waals surface area contributed by atoms with Gasteiger partial charge in [-0.2, -0.15) is 0 Å². The highest BCUT2D eigenvalue weighted by Gasteiger charge is 2.17. The summed E-state index contributed by atoms with van der Waals surface area (Å²) in [6.07, 6.45) is 2.84. The van der Waals surface area contributed by atoms with Gasteiger partial charge in [-0.3, -0.25) is 15.1 Å². The van der Waals surface area contributed by atoms with Crippen LogP contribution in [0.5, 0.6) is 0 Å². The summed E-state index contributed by atoms with van der Waals surface area (Å²) in [5, 5.41) is 6.46. The van der Waals surface area contributed by atoms with Gasteiger partial charge in [0.15, 0.2) is 0 Å². The second kappa shape index (κ2) is 10.7. The Balaban J connectivity index is 1.60. The Hall–Kier alpha value is -2.98. The van der Waals surface area contributed by atoms with Crippen LogP contribution in [0, 0.1) is 5.92 Å². The summed E-state index contributed by atoms with van der Waals surface area (Å²) in [4.78, 5) is 17.1. The minimum atomic E-state index is -0.135. The number of carbonyl (C=O) groups excluding carboxylic acids is 1. The molecule has 30 heavy (non-hydrogen) atoms. The van der Waals surface area contributed by atoms with Crippen molar-refractivity contribution in [1.82, 2.24) is 15.6 Å². The van der Waals surface area contributed by atoms with Crippen molar-refractivity contribution < 1.29 is 4.79 Å². The van der Waals surface area contributed by atoms with Crippen LogP contribution in [0.1, 0.15) is 55.2 Å². The van der Waals surface area contributed by atoms with Crippen LogP contribution in [-0.4, -0.2) is 17.4 Å². The molecule has 0 fully saturated rings. The molecule has 1 amide bonds. The first kappa shape index (κ1) is 21.7. The first-order valence-electron chi connectivity index (χ1n) is 10.6. The van der Waals surface area contributed by atoms with Gasteiger partial charge >= 0.3 is 0 Å². The zero-order valence-electron chi connectivity index (χ0n) is 18.0. The Morgan fingerprint density at radius 3 is 2.20 bits per heavy atom. The fourth-order valence-electron chi connectivity index (χ4n) is 3.57. The fourth-order valence-corrected chi connectivity index (χ4v) is 3.57. The molecule has 3 aromatic rings. The number of carbonyl (C=O) groups is 1. The maximum absolute atomic E-state index is 12.6. The first-order chi connectivity index (χ1) is 14.5. The molecule has 0 spiro atoms. The third kappa shape index (κ3) is 6.26. The van der Waals surface area contributed by atoms with Gasteiger partial charge in [0.1, 0.15) is 0 Å². The number of hydrogen-bond acceptors (Lipinski definition) is 3. The van der Waals surface area contributed by atoms with Gasteiger partial charge in [0.2, 0.25) is 5.91 Å². The summed E-state index contributed by atoms with van der Waals surface area (Å²) in [6.45, 7) is 6.67. The maximum Gasteiger partial charge on any atom is 0.234 e. The number of hydrogen-bond donors (Lipinski definition) is 2. The van der Waals surface area contributed by atoms with Crippen molar-refractivity contribution in [3.8, 4) is 0 Å². The van der Waals surface area contributed by atoms with E-state index in [1.807, 2.05) is 55.5 Å². The molecule has 2 aromatic carbocycles. The summed E-state index contributed by atoms with van der Waals surface area (Å²) in [7, 11) is 0. The minimum absolute atomic E-state index is 0.0365. The molecule has 1 heterocycles. The van der Waals surface area contributed by atoms with E-state index in [-0.39, 0.29) is 24.5 Å². The van der Waals surface area contributed by atoms with E-state index in [0.717, 1.165) is 23.2 Å². The molecule has 0 aliphatic rings. The normalized spacial score (nSPS) is 13.1. The Morgan fingerprint density at radius 2 is 1.57 bits per heavy atom. The molecule has 2 atom stereocenters. The molecule has 0 aliphatic heterocycles. The van der Waals surface area contributed by atoms with Crippen LogP contribution in [0.2, 0.25) is 0 Å². The van der Waals surface area contributed by atoms with Crippen LogP contribution in [0.4, 0.5) is 0 Å². The van der Waals surface area contributed by atoms with Gasteiger partial charge in [-0.05, 0) is 48.1 Å². The predicted molar refractivity (Wildman–Crippen MR) is 122 cm³/mol. The lowest BCUT2D eigenvalue weighted by Crippen LogP contribution is -2.37. The highest BCUT2D eigenvalue weighted by Crippen LogP contribution is 2.20. The number of rotatable bonds is 9. The summed E-state index contributed by atoms with van der Waals surface area (Å²) >= 11 is 0. The van der Waals surface area contributed by atoms with E-state index in [1.165, 1.54) is 5.56 Å². The topological polar surface area (TPSA) is 54.0 Å². The molecular weight excluding hydrogens is 370 g/mol. The van der Waals surface area contributed by atoms with Gasteiger partial charge in [0.05, 0.1) is 24.3 Å². The van der Waals surface area contributed by atoms with Crippen molar-refractivity contribution >= 4 is 5.91 Å². The van der Waals surface area contributed by atoms with Crippen LogP contribution in [0.15, 0.2) is 79.0 Å². The zero-order chi connectivity index (χ0) is 21.3. The van der Waals surface area contributed by atoms with Crippen molar-refractivity contribution in [3.63, 3.8) is 0 Å². The Labute approximate surface area is 179 Å². The number of benzene rings is 2. The number of pyridine rings is 1. The molecule has 0 aliphatic carbocycles. The Bertz CT molecular complexity index is 869. The second-order valence-electron chi connectivity index (χ2n) is 8.11. The fraction of sp³-hybridized carbons (Fsp3) is 0.308. The predicted octanol–water partition coefficient (Wildman–Crippen LogP) is 4.84. The SMILES string of the molecule is CC(C)Cc1ccc(C(C)NC(=O)CNC(c2ccccc2)c2ccccn2)cc1. The highest BCUT2D eigenvalue weighted by molar-refractivity contribution is 5.78. The van der Waals surface area contributed by atoms with E-state index in [2.05, 4.69) is 53.7 Å². The molecular formula is C26H31N3O. The van der Waals surface area contributed by atoms with Crippen molar-refractivity contribution in [2.75, 3.05) is 6.54 Å². The van der Waals surface area contributed by atoms with E-state index in [4.69, 9.17) is 0 Å². The molecule has 0 saturated carbocycles. The minimum Gasteiger partial charge on any atom is -0.348 e. The Kier molecular flexibility index (Phi) is 7.75. The van der Waals surface area contributed by atoms with Gasteiger partial charge in [0.25, 0.3) is 0 Å². The lowest BCUT2D eigenvalue weighted by atomic mass is 10.00. The van der Waals surface area contributed by atoms with Crippen molar-refractivity contribution in [3.05, 3.63) is 101 Å². The summed E-state index contributed by atoms with van der Waals surface area (Å²) in [5.74, 6) is 0.598. The number of nitrogens with zero attached hydrogens (tertiary/aromatic N) is 1. The van der Waals surface area contributed by atoms with Crippen molar-refractivity contribution in [1.29, 1.82) is 0 Å². The summed E-state index contributed by atoms with van der Waals surface area (Å²) in [6, 6.07) is 24.3. The zero-order valence-corrected chi connectivity index (χ0v) is 18.0. The smallest absolute Gasteiger partial charge is 0.234 e. The van der Waals surface area contributed by atoms with E-state index >= 15 is 0 Å². The highest BCUT2D eigenvalue weighted by atomic mass is 16.1. The van der Waals surface area contributed by atoms with E-state index < -0.39 is 0 Å². The molecule has 4 nitrogen and oxygen atoms in total. The van der Waals surface area contributed by atoms with E-state index in [9.17, 15) is 4.79 Å². The largest absolute Gasteiger partial charge is 0.348 e. The molecule has 156 valence electrons. The number of amides is 1. The molecule has 3 rings (SSSR count). The van der Waals surface area contributed by atoms with Crippen LogP contribution in [-0.2, 0) is 11.2 Å². The number of nitrogens with one attached hydrogen (secondary N) is 2. The van der Waals surface area contributed by atoms with Gasteiger partial charge in [-0.1, -0.05) is 74.5 Å². The molecule has 2 N–H and O–H groups in total. The standard InChI is InChI=1S/C26H31N3O/c1-19(2)17-21-12-14-22(15-13-21)20(3)29-25(30)18-28-26(23-9-5-4-6-10-23)24-11-7-8-16-27-24/h4-16,19-20,26,28H,17-18H2,1-3H3,(H,29,30). The van der Waals surface area contributed by atoms with Gasteiger partial charge in [0, 0.05) is 6.20 Å². The van der Waals surface area contributed by atoms with Gasteiger partial charge < -0.3 is 5.32 Å². The molecule has 2 unspecified atom stereocenters. The molecule has 0 radical (unpaired) electrons. The second-order valence-corrected chi connectivity index (χ2v) is 8.11. The van der Waals surface area contributed by atoms with E-state index in [0.29, 0.717) is 5.92 Å². The third-order valence-corrected chi connectivity index (χ3v) is 5.08. The van der Waals surface area contributed by atoms with Crippen LogP contribution in [0.3, 0.4) is 0 Å². The molecule has 0 saturated heterocycles. The Morgan fingerprint density at radius 1 is 0.867 bits per heavy atom. The van der Waals surface area contributed by atoms with Gasteiger partial charge in [-0.25, -0.2) is 0 Å². The molecule has 4 heteroatoms. The molecule has 0 bridgehead atoms. The van der Waals surface area contributed by atoms with Crippen LogP contribution in [0.25, 0.3) is 0 Å². The summed E-state index contributed by atoms with van der Waals surface area (Å²) in [5.41, 5.74) is 4.42. The third-order valence-electron chi connectivity index (χ3n) is 5.08. The van der Waals surface area contributed by atoms with E-state index in [1.54, 1.807) is 6.20 Å². The van der Waals surface area contributed by atoms with Crippen LogP contribution < -0.4 is 10.6 Å². The summed E-state index contributed by atoms with van der Waals surface area (Å²) < 4.78 is 0. The maximum atomic E-state index is 12.6. The number of aromatic nitrogens is 1.